The molecule has 3 aliphatic heterocycles. The maximum absolute atomic E-state index is 14.7. The van der Waals surface area contributed by atoms with Crippen LogP contribution in [0, 0.1) is 40.4 Å². The van der Waals surface area contributed by atoms with Crippen molar-refractivity contribution in [2.45, 2.75) is 209 Å². The van der Waals surface area contributed by atoms with Crippen LogP contribution in [0.25, 0.3) is 0 Å². The molecule has 0 aromatic carbocycles. The van der Waals surface area contributed by atoms with Crippen LogP contribution in [0.5, 0.6) is 0 Å². The normalized spacial score (nSPS) is 33.1. The predicted molar refractivity (Wildman–Crippen MR) is 271 cm³/mol. The van der Waals surface area contributed by atoms with E-state index in [0.717, 1.165) is 0 Å². The first-order chi connectivity index (χ1) is 33.6. The molecule has 0 bridgehead atoms. The Balaban J connectivity index is -0.000000272. The molecule has 3 heterocycles. The van der Waals surface area contributed by atoms with E-state index in [-0.39, 0.29) is 96.0 Å². The van der Waals surface area contributed by atoms with Gasteiger partial charge in [0, 0.05) is 87.2 Å². The Hall–Kier alpha value is -0.760. The van der Waals surface area contributed by atoms with Crippen LogP contribution in [0.15, 0.2) is 0 Å². The lowest BCUT2D eigenvalue weighted by molar-refractivity contribution is -0.187. The Morgan fingerprint density at radius 2 is 1.19 bits per heavy atom. The van der Waals surface area contributed by atoms with Gasteiger partial charge in [0.15, 0.2) is 8.38 Å². The first-order valence-corrected chi connectivity index (χ1v) is 26.3. The Morgan fingerprint density at radius 3 is 1.56 bits per heavy atom. The van der Waals surface area contributed by atoms with Gasteiger partial charge in [0.05, 0.1) is 63.8 Å². The van der Waals surface area contributed by atoms with E-state index in [1.807, 2.05) is 6.07 Å². The summed E-state index contributed by atoms with van der Waals surface area (Å²) in [5.41, 5.74) is -4.82. The lowest BCUT2D eigenvalue weighted by atomic mass is 9.83. The highest BCUT2D eigenvalue weighted by molar-refractivity contribution is 7.59. The standard InChI is InChI=1S/C15H32N3OP.C12H21FNO3P.C8H15FO3.C8H15FO2.CH3Cl.2CH4O.CH4/c1-12(2)17(13(3)4)20(19,11-9-10-16)18(14(5)6)15(7)8;1-9-8-15-10(2)11(12(9,3)13)17-18(4)16-7-5-6-14;1-5-4-12-6(3-10)7(11)8(5,2)9;1-5-4-11-6(2)7(10)8(5,3)9;3*1-2;/h12-15H,9,11H2,1-8H3;9-11H,5,7-8H2,1-4H3;5-7,10-11H,3-4H2,1-2H3;5-7,10H,4H2,1-3H3;1H3;2*2H,1H3;1H4/t;9-,10-,11?,12+,18?;2*5-,6-,7?,8+;;;;/m.111..../s1/i;2D;;2D;1TD;2*2T;. The summed E-state index contributed by atoms with van der Waals surface area (Å²) in [5.74, 6) is -0.937. The second kappa shape index (κ2) is 37.9. The van der Waals surface area contributed by atoms with Crippen molar-refractivity contribution in [1.29, 1.82) is 13.4 Å². The van der Waals surface area contributed by atoms with Crippen molar-refractivity contribution >= 4 is 27.4 Å². The second-order valence-electron chi connectivity index (χ2n) is 18.0. The predicted octanol–water partition coefficient (Wildman–Crippen LogP) is 9.30. The lowest BCUT2D eigenvalue weighted by Gasteiger charge is -2.46. The van der Waals surface area contributed by atoms with Crippen molar-refractivity contribution in [2.75, 3.05) is 66.4 Å². The van der Waals surface area contributed by atoms with E-state index in [4.69, 9.17) is 47.2 Å². The highest BCUT2D eigenvalue weighted by atomic mass is 35.5. The summed E-state index contributed by atoms with van der Waals surface area (Å²) in [6.07, 6.45) is -5.36. The van der Waals surface area contributed by atoms with Crippen LogP contribution in [-0.4, -0.2) is 182 Å². The van der Waals surface area contributed by atoms with Crippen molar-refractivity contribution < 1.29 is 72.0 Å². The molecular formula is C47H98ClF3N4O11P2. The molecule has 68 heavy (non-hydrogen) atoms. The average molecular weight is 1060 g/mol. The molecule has 3 saturated heterocycles. The summed E-state index contributed by atoms with van der Waals surface area (Å²) < 4.78 is 125. The largest absolute Gasteiger partial charge is 0.400 e. The van der Waals surface area contributed by atoms with E-state index < -0.39 is 75.8 Å². The third-order valence-electron chi connectivity index (χ3n) is 11.6. The maximum atomic E-state index is 14.7. The molecule has 5 unspecified atom stereocenters. The zero-order valence-electron chi connectivity index (χ0n) is 49.5. The van der Waals surface area contributed by atoms with E-state index >= 15 is 0 Å². The fourth-order valence-electron chi connectivity index (χ4n) is 7.43. The number of aliphatic hydroxyl groups is 5. The topological polar surface area (TPSA) is 218 Å². The monoisotopic (exact) mass is 1060 g/mol. The molecule has 0 aliphatic carbocycles. The molecule has 3 aliphatic rings. The minimum Gasteiger partial charge on any atom is -0.400 e. The Morgan fingerprint density at radius 1 is 0.824 bits per heavy atom. The maximum Gasteiger partial charge on any atom is 0.218 e. The van der Waals surface area contributed by atoms with E-state index in [2.05, 4.69) is 92.6 Å². The van der Waals surface area contributed by atoms with Crippen LogP contribution in [-0.2, 0) is 27.8 Å². The van der Waals surface area contributed by atoms with Crippen molar-refractivity contribution in [1.82, 2.24) is 9.34 Å². The Bertz CT molecular complexity index is 1460. The van der Waals surface area contributed by atoms with Crippen LogP contribution in [0.3, 0.4) is 0 Å². The molecule has 3 rings (SSSR count). The zero-order valence-corrected chi connectivity index (χ0v) is 46.0. The van der Waals surface area contributed by atoms with Gasteiger partial charge >= 0.3 is 0 Å². The van der Waals surface area contributed by atoms with Gasteiger partial charge in [-0.1, -0.05) is 28.2 Å². The summed E-state index contributed by atoms with van der Waals surface area (Å²) in [7, 11) is -1.43. The first kappa shape index (κ1) is 63.4. The number of aliphatic hydroxyl groups excluding tert-OH is 5. The van der Waals surface area contributed by atoms with Crippen LogP contribution in [0.2, 0.25) is 0 Å². The van der Waals surface area contributed by atoms with Crippen molar-refractivity contribution in [2.24, 2.45) is 17.8 Å². The van der Waals surface area contributed by atoms with Gasteiger partial charge in [0.25, 0.3) is 0 Å². The SMILES string of the molecule is C.CC(C)N(C(C)C)P(=O)(CCC#N)N(C(C)C)C(C)C.C[C@@H]1CO[C@H](CO)C(O)[C@@]1(C)F.[2H]C([3H])Cl.[2H]C[C@H]1OC[C@@H](C)[C@](C)(F)C1O.[2H]C[C@H]1OC[C@@H](C)[C@](C)(F)C1OP(C)OCCC#N.[3H]OC.[3H]OC. The number of ether oxygens (including phenoxy) is 3. The molecule has 0 aromatic rings. The molecule has 14 atom stereocenters. The fourth-order valence-corrected chi connectivity index (χ4v) is 12.5. The molecule has 0 saturated carbocycles. The molecule has 0 spiro atoms. The summed E-state index contributed by atoms with van der Waals surface area (Å²) in [5, 5.41) is 52.0. The summed E-state index contributed by atoms with van der Waals surface area (Å²) in [6.45, 7) is 28.4. The summed E-state index contributed by atoms with van der Waals surface area (Å²) in [6, 6.07) is 4.91. The van der Waals surface area contributed by atoms with E-state index in [9.17, 15) is 27.9 Å². The minimum atomic E-state index is -2.74. The van der Waals surface area contributed by atoms with Crippen molar-refractivity contribution in [3.63, 3.8) is 0 Å². The Kier molecular flexibility index (Phi) is 35.3. The van der Waals surface area contributed by atoms with Gasteiger partial charge in [0.1, 0.15) is 41.4 Å². The van der Waals surface area contributed by atoms with Gasteiger partial charge in [-0.05, 0) is 90.0 Å². The number of halogens is 4. The summed E-state index contributed by atoms with van der Waals surface area (Å²) >= 11 is 4.61. The number of nitrogens with zero attached hydrogens (tertiary/aromatic N) is 4. The fraction of sp³-hybridized carbons (Fsp3) is 0.957. The van der Waals surface area contributed by atoms with Crippen LogP contribution < -0.4 is 0 Å². The van der Waals surface area contributed by atoms with Gasteiger partial charge in [-0.2, -0.15) is 10.5 Å². The van der Waals surface area contributed by atoms with Gasteiger partial charge < -0.3 is 48.8 Å². The van der Waals surface area contributed by atoms with E-state index in [1.165, 1.54) is 35.0 Å². The molecule has 5 N–H and O–H groups in total. The number of nitriles is 2. The number of rotatable bonds is 14. The molecule has 0 amide bonds. The van der Waals surface area contributed by atoms with Crippen molar-refractivity contribution in [3.8, 4) is 12.1 Å². The van der Waals surface area contributed by atoms with Gasteiger partial charge in [-0.3, -0.25) is 4.57 Å². The third-order valence-corrected chi connectivity index (χ3v) is 16.8. The van der Waals surface area contributed by atoms with Crippen LogP contribution >= 0.6 is 27.4 Å². The molecule has 3 fully saturated rings. The molecule has 0 radical (unpaired) electrons. The third kappa shape index (κ3) is 23.9. The highest BCUT2D eigenvalue weighted by Crippen LogP contribution is 2.58. The van der Waals surface area contributed by atoms with Gasteiger partial charge in [0.2, 0.25) is 10.3 Å². The average Bonchev–Trinajstić information content (AvgIpc) is 3.27. The number of alkyl halides is 4. The summed E-state index contributed by atoms with van der Waals surface area (Å²) in [4.78, 5) is 0. The quantitative estimate of drug-likeness (QED) is 0.0622. The minimum absolute atomic E-state index is 0. The van der Waals surface area contributed by atoms with Crippen molar-refractivity contribution in [3.05, 3.63) is 0 Å². The molecule has 15 nitrogen and oxygen atoms in total. The second-order valence-corrected chi connectivity index (χ2v) is 22.0. The van der Waals surface area contributed by atoms with Gasteiger partial charge in [-0.15, -0.1) is 11.6 Å². The smallest absolute Gasteiger partial charge is 0.218 e. The molecular weight excluding hydrogens is 951 g/mol. The number of hydrogen-bond acceptors (Lipinski definition) is 13. The van der Waals surface area contributed by atoms with Crippen LogP contribution in [0.4, 0.5) is 13.2 Å². The molecule has 0 aromatic heterocycles. The first-order valence-electron chi connectivity index (χ1n) is 25.8. The van der Waals surface area contributed by atoms with E-state index in [0.29, 0.717) is 19.2 Å². The van der Waals surface area contributed by atoms with Gasteiger partial charge in [-0.25, -0.2) is 22.5 Å². The molecule has 21 heteroatoms. The Labute approximate surface area is 426 Å². The number of hydrogen-bond donors (Lipinski definition) is 5. The zero-order chi connectivity index (χ0) is 58.2. The van der Waals surface area contributed by atoms with E-state index in [1.54, 1.807) is 27.4 Å². The molecule has 410 valence electrons. The highest BCUT2D eigenvalue weighted by Gasteiger charge is 2.50. The lowest BCUT2D eigenvalue weighted by Crippen LogP contribution is -2.56. The van der Waals surface area contributed by atoms with Crippen LogP contribution in [0.1, 0.15) is 136 Å².